The molecule has 17 heavy (non-hydrogen) atoms. The van der Waals surface area contributed by atoms with E-state index in [1.165, 1.54) is 31.9 Å². The molecule has 0 aliphatic heterocycles. The first kappa shape index (κ1) is 12.4. The maximum atomic E-state index is 12.0. The van der Waals surface area contributed by atoms with Gasteiger partial charge in [-0.3, -0.25) is 9.78 Å². The van der Waals surface area contributed by atoms with Crippen LogP contribution in [0.15, 0.2) is 18.5 Å². The molecule has 4 heteroatoms. The molecule has 1 aliphatic carbocycles. The molecule has 0 aromatic carbocycles. The molecule has 1 fully saturated rings. The molecule has 1 amide bonds. The summed E-state index contributed by atoms with van der Waals surface area (Å²) in [6, 6.07) is 1.85. The second-order valence-electron chi connectivity index (χ2n) is 4.66. The van der Waals surface area contributed by atoms with E-state index in [1.54, 1.807) is 12.3 Å². The lowest BCUT2D eigenvalue weighted by molar-refractivity contribution is 0.0927. The number of halogens is 1. The number of carbonyl (C=O) groups excluding carboxylic acids is 1. The normalized spacial score (nSPS) is 18.0. The van der Waals surface area contributed by atoms with Crippen molar-refractivity contribution in [3.05, 3.63) is 29.0 Å². The number of rotatable bonds is 3. The van der Waals surface area contributed by atoms with Crippen LogP contribution >= 0.6 is 11.6 Å². The average Bonchev–Trinajstić information content (AvgIpc) is 2.82. The van der Waals surface area contributed by atoms with E-state index in [2.05, 4.69) is 17.2 Å². The highest BCUT2D eigenvalue weighted by Gasteiger charge is 2.23. The number of carbonyl (C=O) groups is 1. The molecule has 1 aromatic heterocycles. The molecular weight excluding hydrogens is 236 g/mol. The fourth-order valence-electron chi connectivity index (χ4n) is 2.40. The largest absolute Gasteiger partial charge is 0.349 e. The van der Waals surface area contributed by atoms with Crippen molar-refractivity contribution < 1.29 is 4.79 Å². The van der Waals surface area contributed by atoms with Gasteiger partial charge in [-0.25, -0.2) is 0 Å². The first-order chi connectivity index (χ1) is 8.18. The van der Waals surface area contributed by atoms with E-state index < -0.39 is 0 Å². The Kier molecular flexibility index (Phi) is 4.00. The highest BCUT2D eigenvalue weighted by atomic mass is 35.5. The first-order valence-corrected chi connectivity index (χ1v) is 6.46. The van der Waals surface area contributed by atoms with Crippen LogP contribution in [0.4, 0.5) is 0 Å². The van der Waals surface area contributed by atoms with Crippen LogP contribution < -0.4 is 5.32 Å². The van der Waals surface area contributed by atoms with Gasteiger partial charge in [0, 0.05) is 18.4 Å². The molecule has 1 aromatic rings. The zero-order valence-electron chi connectivity index (χ0n) is 9.95. The summed E-state index contributed by atoms with van der Waals surface area (Å²) in [4.78, 5) is 15.9. The quantitative estimate of drug-likeness (QED) is 0.899. The lowest BCUT2D eigenvalue weighted by Gasteiger charge is -2.20. The molecule has 1 atom stereocenters. The molecule has 1 saturated carbocycles. The van der Waals surface area contributed by atoms with Crippen LogP contribution in [0.5, 0.6) is 0 Å². The Balaban J connectivity index is 1.99. The Morgan fingerprint density at radius 1 is 1.53 bits per heavy atom. The molecule has 2 rings (SSSR count). The number of amides is 1. The van der Waals surface area contributed by atoms with Crippen LogP contribution in [-0.4, -0.2) is 16.9 Å². The summed E-state index contributed by atoms with van der Waals surface area (Å²) in [6.07, 6.45) is 8.07. The average molecular weight is 253 g/mol. The molecule has 1 unspecified atom stereocenters. The molecule has 0 radical (unpaired) electrons. The molecule has 1 aliphatic rings. The number of pyridine rings is 1. The lowest BCUT2D eigenvalue weighted by atomic mass is 9.99. The van der Waals surface area contributed by atoms with Crippen molar-refractivity contribution in [2.75, 3.05) is 0 Å². The Morgan fingerprint density at radius 3 is 2.88 bits per heavy atom. The van der Waals surface area contributed by atoms with Crippen LogP contribution in [0, 0.1) is 5.92 Å². The molecule has 1 N–H and O–H groups in total. The number of hydrogen-bond acceptors (Lipinski definition) is 2. The van der Waals surface area contributed by atoms with Crippen molar-refractivity contribution in [2.45, 2.75) is 38.6 Å². The minimum atomic E-state index is -0.123. The van der Waals surface area contributed by atoms with Crippen LogP contribution in [-0.2, 0) is 0 Å². The van der Waals surface area contributed by atoms with E-state index in [0.717, 1.165) is 0 Å². The van der Waals surface area contributed by atoms with Gasteiger partial charge >= 0.3 is 0 Å². The Labute approximate surface area is 107 Å². The Hall–Kier alpha value is -1.09. The van der Waals surface area contributed by atoms with E-state index in [0.29, 0.717) is 16.5 Å². The van der Waals surface area contributed by atoms with Crippen LogP contribution in [0.2, 0.25) is 5.02 Å². The summed E-state index contributed by atoms with van der Waals surface area (Å²) >= 11 is 5.96. The van der Waals surface area contributed by atoms with E-state index in [4.69, 9.17) is 11.6 Å². The number of nitrogens with zero attached hydrogens (tertiary/aromatic N) is 1. The molecular formula is C13H17ClN2O. The SMILES string of the molecule is CC(NC(=O)c1cnccc1Cl)C1CCCC1. The fraction of sp³-hybridized carbons (Fsp3) is 0.538. The van der Waals surface area contributed by atoms with Crippen molar-refractivity contribution in [2.24, 2.45) is 5.92 Å². The van der Waals surface area contributed by atoms with Gasteiger partial charge in [-0.15, -0.1) is 0 Å². The van der Waals surface area contributed by atoms with Gasteiger partial charge < -0.3 is 5.32 Å². The summed E-state index contributed by atoms with van der Waals surface area (Å²) in [5.41, 5.74) is 0.457. The molecule has 0 saturated heterocycles. The number of aromatic nitrogens is 1. The van der Waals surface area contributed by atoms with E-state index in [1.807, 2.05) is 0 Å². The second kappa shape index (κ2) is 5.50. The van der Waals surface area contributed by atoms with Gasteiger partial charge in [0.2, 0.25) is 0 Å². The molecule has 3 nitrogen and oxygen atoms in total. The van der Waals surface area contributed by atoms with Crippen molar-refractivity contribution >= 4 is 17.5 Å². The molecule has 1 heterocycles. The Bertz CT molecular complexity index is 402. The molecule has 0 spiro atoms. The van der Waals surface area contributed by atoms with Crippen LogP contribution in [0.3, 0.4) is 0 Å². The maximum Gasteiger partial charge on any atom is 0.254 e. The zero-order chi connectivity index (χ0) is 12.3. The zero-order valence-corrected chi connectivity index (χ0v) is 10.7. The van der Waals surface area contributed by atoms with E-state index in [9.17, 15) is 4.79 Å². The Morgan fingerprint density at radius 2 is 2.24 bits per heavy atom. The summed E-state index contributed by atoms with van der Waals surface area (Å²) in [5.74, 6) is 0.483. The van der Waals surface area contributed by atoms with Crippen LogP contribution in [0.25, 0.3) is 0 Å². The molecule has 92 valence electrons. The smallest absolute Gasteiger partial charge is 0.254 e. The van der Waals surface area contributed by atoms with Gasteiger partial charge in [0.1, 0.15) is 0 Å². The van der Waals surface area contributed by atoms with E-state index in [-0.39, 0.29) is 11.9 Å². The second-order valence-corrected chi connectivity index (χ2v) is 5.07. The molecule has 0 bridgehead atoms. The summed E-state index contributed by atoms with van der Waals surface area (Å²) < 4.78 is 0. The number of hydrogen-bond donors (Lipinski definition) is 1. The van der Waals surface area contributed by atoms with Gasteiger partial charge in [-0.1, -0.05) is 24.4 Å². The predicted molar refractivity (Wildman–Crippen MR) is 68.1 cm³/mol. The summed E-state index contributed by atoms with van der Waals surface area (Å²) in [6.45, 7) is 2.07. The predicted octanol–water partition coefficient (Wildman–Crippen LogP) is 3.04. The highest BCUT2D eigenvalue weighted by Crippen LogP contribution is 2.27. The van der Waals surface area contributed by atoms with Gasteiger partial charge in [0.25, 0.3) is 5.91 Å². The highest BCUT2D eigenvalue weighted by molar-refractivity contribution is 6.33. The van der Waals surface area contributed by atoms with Gasteiger partial charge in [0.15, 0.2) is 0 Å². The van der Waals surface area contributed by atoms with Crippen molar-refractivity contribution in [3.8, 4) is 0 Å². The monoisotopic (exact) mass is 252 g/mol. The van der Waals surface area contributed by atoms with E-state index >= 15 is 0 Å². The third-order valence-electron chi connectivity index (χ3n) is 3.48. The van der Waals surface area contributed by atoms with Crippen LogP contribution in [0.1, 0.15) is 43.0 Å². The van der Waals surface area contributed by atoms with Crippen molar-refractivity contribution in [1.29, 1.82) is 0 Å². The van der Waals surface area contributed by atoms with Gasteiger partial charge in [-0.05, 0) is 31.7 Å². The summed E-state index contributed by atoms with van der Waals surface area (Å²) in [5, 5.41) is 3.47. The maximum absolute atomic E-state index is 12.0. The van der Waals surface area contributed by atoms with Gasteiger partial charge in [0.05, 0.1) is 10.6 Å². The van der Waals surface area contributed by atoms with Gasteiger partial charge in [-0.2, -0.15) is 0 Å². The fourth-order valence-corrected chi connectivity index (χ4v) is 2.60. The minimum Gasteiger partial charge on any atom is -0.349 e. The topological polar surface area (TPSA) is 42.0 Å². The summed E-state index contributed by atoms with van der Waals surface area (Å²) in [7, 11) is 0. The first-order valence-electron chi connectivity index (χ1n) is 6.09. The third kappa shape index (κ3) is 2.97. The standard InChI is InChI=1S/C13H17ClN2O/c1-9(10-4-2-3-5-10)16-13(17)11-8-15-7-6-12(11)14/h6-10H,2-5H2,1H3,(H,16,17). The third-order valence-corrected chi connectivity index (χ3v) is 3.81. The lowest BCUT2D eigenvalue weighted by Crippen LogP contribution is -2.37. The number of nitrogens with one attached hydrogen (secondary N) is 1. The minimum absolute atomic E-state index is 0.123. The van der Waals surface area contributed by atoms with Crippen molar-refractivity contribution in [3.63, 3.8) is 0 Å². The van der Waals surface area contributed by atoms with Crippen molar-refractivity contribution in [1.82, 2.24) is 10.3 Å².